The lowest BCUT2D eigenvalue weighted by Gasteiger charge is -2.19. The molecule has 2 rings (SSSR count). The zero-order valence-corrected chi connectivity index (χ0v) is 17.0. The van der Waals surface area contributed by atoms with Crippen LogP contribution in [0.1, 0.15) is 24.0 Å². The Kier molecular flexibility index (Phi) is 8.15. The van der Waals surface area contributed by atoms with E-state index in [1.165, 1.54) is 0 Å². The van der Waals surface area contributed by atoms with Crippen molar-refractivity contribution in [2.75, 3.05) is 19.3 Å². The van der Waals surface area contributed by atoms with Crippen molar-refractivity contribution >= 4 is 30.6 Å². The Morgan fingerprint density at radius 2 is 1.77 bits per heavy atom. The fourth-order valence-corrected chi connectivity index (χ4v) is 4.74. The summed E-state index contributed by atoms with van der Waals surface area (Å²) in [7, 11) is -3.43. The van der Waals surface area contributed by atoms with Crippen LogP contribution in [0, 0.1) is 0 Å². The maximum atomic E-state index is 12.3. The first kappa shape index (κ1) is 21.4. The molecule has 0 fully saturated rings. The van der Waals surface area contributed by atoms with Gasteiger partial charge in [0.1, 0.15) is 0 Å². The van der Waals surface area contributed by atoms with Crippen LogP contribution in [-0.2, 0) is 10.7 Å². The first-order chi connectivity index (χ1) is 12.3. The summed E-state index contributed by atoms with van der Waals surface area (Å²) in [5.41, 5.74) is 1.84. The molecule has 0 heterocycles. The maximum absolute atomic E-state index is 12.3. The molecule has 26 heavy (non-hydrogen) atoms. The highest BCUT2D eigenvalue weighted by Crippen LogP contribution is 2.44. The van der Waals surface area contributed by atoms with Crippen LogP contribution in [0.15, 0.2) is 48.5 Å². The first-order valence-corrected chi connectivity index (χ1v) is 11.2. The van der Waals surface area contributed by atoms with E-state index in [1.54, 1.807) is 6.07 Å². The second-order valence-corrected chi connectivity index (χ2v) is 9.75. The molecular formula is C19H24Cl2NO3P. The van der Waals surface area contributed by atoms with Gasteiger partial charge < -0.3 is 15.3 Å². The maximum Gasteiger partial charge on any atom is 0.207 e. The van der Waals surface area contributed by atoms with Gasteiger partial charge in [0.2, 0.25) is 7.37 Å². The van der Waals surface area contributed by atoms with E-state index in [-0.39, 0.29) is 24.8 Å². The largest absolute Gasteiger partial charge is 0.391 e. The van der Waals surface area contributed by atoms with Crippen LogP contribution in [0.5, 0.6) is 0 Å². The van der Waals surface area contributed by atoms with Gasteiger partial charge in [0.05, 0.1) is 22.3 Å². The van der Waals surface area contributed by atoms with Crippen LogP contribution >= 0.6 is 30.6 Å². The van der Waals surface area contributed by atoms with Gasteiger partial charge in [-0.1, -0.05) is 66.5 Å². The van der Waals surface area contributed by atoms with Crippen molar-refractivity contribution in [1.82, 2.24) is 5.32 Å². The number of nitrogens with one attached hydrogen (secondary N) is 1. The lowest BCUT2D eigenvalue weighted by molar-refractivity contribution is 0.190. The van der Waals surface area contributed by atoms with E-state index in [0.29, 0.717) is 16.6 Å². The van der Waals surface area contributed by atoms with Crippen molar-refractivity contribution in [3.05, 3.63) is 69.7 Å². The molecule has 3 N–H and O–H groups in total. The van der Waals surface area contributed by atoms with E-state index in [2.05, 4.69) is 5.32 Å². The third kappa shape index (κ3) is 7.03. The van der Waals surface area contributed by atoms with Crippen molar-refractivity contribution in [3.8, 4) is 0 Å². The number of hydrogen-bond donors (Lipinski definition) is 3. The lowest BCUT2D eigenvalue weighted by Crippen LogP contribution is -2.32. The van der Waals surface area contributed by atoms with Crippen LogP contribution in [0.25, 0.3) is 0 Å². The molecule has 3 atom stereocenters. The number of rotatable bonds is 9. The fourth-order valence-electron chi connectivity index (χ4n) is 2.73. The summed E-state index contributed by atoms with van der Waals surface area (Å²) in [5.74, 6) is 0.169. The van der Waals surface area contributed by atoms with Crippen LogP contribution in [0.3, 0.4) is 0 Å². The normalized spacial score (nSPS) is 16.0. The summed E-state index contributed by atoms with van der Waals surface area (Å²) in [6.07, 6.45) is -0.934. The summed E-state index contributed by atoms with van der Waals surface area (Å²) in [6.45, 7) is 2.90. The van der Waals surface area contributed by atoms with Gasteiger partial charge >= 0.3 is 0 Å². The number of aliphatic hydroxyl groups excluding tert-OH is 1. The predicted molar refractivity (Wildman–Crippen MR) is 109 cm³/mol. The molecule has 0 saturated heterocycles. The minimum Gasteiger partial charge on any atom is -0.391 e. The summed E-state index contributed by atoms with van der Waals surface area (Å²) >= 11 is 12.0. The van der Waals surface area contributed by atoms with Gasteiger partial charge in [-0.15, -0.1) is 0 Å². The highest BCUT2D eigenvalue weighted by molar-refractivity contribution is 7.57. The van der Waals surface area contributed by atoms with Gasteiger partial charge in [-0.3, -0.25) is 4.57 Å². The smallest absolute Gasteiger partial charge is 0.207 e. The Balaban J connectivity index is 1.78. The van der Waals surface area contributed by atoms with Gasteiger partial charge in [-0.25, -0.2) is 0 Å². The number of aliphatic hydroxyl groups is 1. The molecule has 0 saturated carbocycles. The Bertz CT molecular complexity index is 758. The third-order valence-corrected chi connectivity index (χ3v) is 6.70. The molecule has 0 aromatic heterocycles. The number of hydrogen-bond acceptors (Lipinski definition) is 3. The van der Waals surface area contributed by atoms with Crippen LogP contribution in [0.2, 0.25) is 10.0 Å². The van der Waals surface area contributed by atoms with Crippen LogP contribution in [0.4, 0.5) is 0 Å². The summed E-state index contributed by atoms with van der Waals surface area (Å²) in [5, 5.41) is 14.3. The van der Waals surface area contributed by atoms with Gasteiger partial charge in [-0.05, 0) is 29.2 Å². The third-order valence-electron chi connectivity index (χ3n) is 4.11. The first-order valence-electron chi connectivity index (χ1n) is 8.45. The molecule has 0 aliphatic carbocycles. The average Bonchev–Trinajstić information content (AvgIpc) is 2.57. The summed E-state index contributed by atoms with van der Waals surface area (Å²) in [4.78, 5) is 10.1. The Morgan fingerprint density at radius 1 is 1.08 bits per heavy atom. The van der Waals surface area contributed by atoms with Crippen molar-refractivity contribution in [2.24, 2.45) is 0 Å². The van der Waals surface area contributed by atoms with Crippen LogP contribution in [-0.4, -0.2) is 35.4 Å². The highest BCUT2D eigenvalue weighted by atomic mass is 35.5. The fraction of sp³-hybridized carbons (Fsp3) is 0.368. The predicted octanol–water partition coefficient (Wildman–Crippen LogP) is 4.52. The van der Waals surface area contributed by atoms with E-state index in [1.807, 2.05) is 49.4 Å². The molecule has 0 spiro atoms. The molecule has 0 amide bonds. The van der Waals surface area contributed by atoms with Gasteiger partial charge in [-0.2, -0.15) is 0 Å². The summed E-state index contributed by atoms with van der Waals surface area (Å²) < 4.78 is 12.3. The molecule has 3 unspecified atom stereocenters. The second-order valence-electron chi connectivity index (χ2n) is 6.56. The molecule has 0 aliphatic heterocycles. The van der Waals surface area contributed by atoms with Gasteiger partial charge in [0.25, 0.3) is 0 Å². The minimum atomic E-state index is -3.43. The minimum absolute atomic E-state index is 0.0740. The van der Waals surface area contributed by atoms with Gasteiger partial charge in [0.15, 0.2) is 0 Å². The SMILES string of the molecule is CC(CNCC(O)CP(=O)(O)Cc1ccccc1)c1ccc(Cl)c(Cl)c1. The molecule has 0 radical (unpaired) electrons. The Morgan fingerprint density at radius 3 is 2.42 bits per heavy atom. The second kappa shape index (κ2) is 9.89. The highest BCUT2D eigenvalue weighted by Gasteiger charge is 2.23. The van der Waals surface area contributed by atoms with Crippen molar-refractivity contribution < 1.29 is 14.6 Å². The zero-order chi connectivity index (χ0) is 19.2. The standard InChI is InChI=1S/C19H24Cl2NO3P/c1-14(16-7-8-18(20)19(21)9-16)10-22-11-17(23)13-26(24,25)12-15-5-3-2-4-6-15/h2-9,14,17,22-23H,10-13H2,1H3,(H,24,25). The van der Waals surface area contributed by atoms with Crippen molar-refractivity contribution in [3.63, 3.8) is 0 Å². The van der Waals surface area contributed by atoms with Crippen molar-refractivity contribution in [1.29, 1.82) is 0 Å². The molecule has 0 bridgehead atoms. The van der Waals surface area contributed by atoms with Crippen LogP contribution < -0.4 is 5.32 Å². The average molecular weight is 416 g/mol. The van der Waals surface area contributed by atoms with E-state index < -0.39 is 13.5 Å². The lowest BCUT2D eigenvalue weighted by atomic mass is 10.0. The van der Waals surface area contributed by atoms with E-state index in [9.17, 15) is 14.6 Å². The van der Waals surface area contributed by atoms with Crippen molar-refractivity contribution in [2.45, 2.75) is 25.1 Å². The van der Waals surface area contributed by atoms with E-state index >= 15 is 0 Å². The Hall–Kier alpha value is -0.870. The van der Waals surface area contributed by atoms with E-state index in [4.69, 9.17) is 23.2 Å². The molecule has 7 heteroatoms. The molecule has 142 valence electrons. The Labute approximate surface area is 164 Å². The molecule has 4 nitrogen and oxygen atoms in total. The topological polar surface area (TPSA) is 69.6 Å². The molecule has 2 aromatic rings. The van der Waals surface area contributed by atoms with E-state index in [0.717, 1.165) is 11.1 Å². The number of halogens is 2. The quantitative estimate of drug-likeness (QED) is 0.526. The summed E-state index contributed by atoms with van der Waals surface area (Å²) in [6, 6.07) is 14.7. The monoisotopic (exact) mass is 415 g/mol. The zero-order valence-electron chi connectivity index (χ0n) is 14.6. The van der Waals surface area contributed by atoms with Gasteiger partial charge in [0, 0.05) is 19.3 Å². The number of benzene rings is 2. The molecule has 2 aromatic carbocycles. The molecular weight excluding hydrogens is 392 g/mol. The molecule has 0 aliphatic rings.